The second-order valence-corrected chi connectivity index (χ2v) is 6.15. The number of carbonyl (C=O) groups excluding carboxylic acids is 2. The lowest BCUT2D eigenvalue weighted by Gasteiger charge is -2.03. The Kier molecular flexibility index (Phi) is 5.62. The van der Waals surface area contributed by atoms with E-state index in [9.17, 15) is 9.59 Å². The van der Waals surface area contributed by atoms with Gasteiger partial charge in [-0.3, -0.25) is 4.79 Å². The first-order chi connectivity index (χ1) is 8.92. The van der Waals surface area contributed by atoms with Gasteiger partial charge >= 0.3 is 5.97 Å². The van der Waals surface area contributed by atoms with Crippen molar-refractivity contribution in [1.29, 1.82) is 0 Å². The average Bonchev–Trinajstić information content (AvgIpc) is 2.72. The summed E-state index contributed by atoms with van der Waals surface area (Å²) in [6.45, 7) is 1.78. The number of carbonyl (C=O) groups is 2. The van der Waals surface area contributed by atoms with E-state index in [1.165, 1.54) is 36.3 Å². The molecular weight excluding hydrogens is 282 g/mol. The minimum atomic E-state index is -0.395. The largest absolute Gasteiger partial charge is 0.465 e. The predicted molar refractivity (Wildman–Crippen MR) is 79.3 cm³/mol. The van der Waals surface area contributed by atoms with Gasteiger partial charge in [0.05, 0.1) is 16.9 Å². The van der Waals surface area contributed by atoms with E-state index in [1.54, 1.807) is 18.0 Å². The van der Waals surface area contributed by atoms with Crippen molar-refractivity contribution in [3.8, 4) is 0 Å². The van der Waals surface area contributed by atoms with Crippen LogP contribution in [0.1, 0.15) is 25.6 Å². The Hall–Kier alpha value is -1.27. The van der Waals surface area contributed by atoms with Gasteiger partial charge in [0.2, 0.25) is 0 Å². The summed E-state index contributed by atoms with van der Waals surface area (Å²) in [7, 11) is 5.03. The summed E-state index contributed by atoms with van der Waals surface area (Å²) < 4.78 is 5.57. The summed E-state index contributed by atoms with van der Waals surface area (Å²) >= 11 is 2.76. The van der Waals surface area contributed by atoms with Crippen molar-refractivity contribution in [2.24, 2.45) is 0 Å². The predicted octanol–water partition coefficient (Wildman–Crippen LogP) is 2.82. The molecule has 0 aromatic carbocycles. The summed E-state index contributed by atoms with van der Waals surface area (Å²) in [6, 6.07) is 0. The fraction of sp³-hybridized carbons (Fsp3) is 0.385. The van der Waals surface area contributed by atoms with Crippen LogP contribution in [0, 0.1) is 6.92 Å². The number of rotatable bonds is 5. The van der Waals surface area contributed by atoms with Crippen LogP contribution < -0.4 is 0 Å². The number of hydrogen-bond acceptors (Lipinski definition) is 6. The minimum Gasteiger partial charge on any atom is -0.465 e. The van der Waals surface area contributed by atoms with Gasteiger partial charge in [-0.05, 0) is 18.7 Å². The zero-order valence-electron chi connectivity index (χ0n) is 11.6. The van der Waals surface area contributed by atoms with Crippen LogP contribution in [0.4, 0.5) is 0 Å². The van der Waals surface area contributed by atoms with Gasteiger partial charge < -0.3 is 9.64 Å². The molecule has 104 valence electrons. The molecule has 0 saturated carbocycles. The van der Waals surface area contributed by atoms with E-state index in [0.717, 1.165) is 4.21 Å². The second-order valence-electron chi connectivity index (χ2n) is 4.06. The highest BCUT2D eigenvalue weighted by Crippen LogP contribution is 2.35. The van der Waals surface area contributed by atoms with Crippen molar-refractivity contribution in [3.05, 3.63) is 28.3 Å². The molecule has 1 aromatic rings. The van der Waals surface area contributed by atoms with E-state index in [0.29, 0.717) is 16.0 Å². The fourth-order valence-corrected chi connectivity index (χ4v) is 3.51. The first kappa shape index (κ1) is 15.8. The van der Waals surface area contributed by atoms with Gasteiger partial charge in [0.25, 0.3) is 0 Å². The van der Waals surface area contributed by atoms with Crippen molar-refractivity contribution in [2.75, 3.05) is 27.5 Å². The molecular formula is C13H17NO3S2. The van der Waals surface area contributed by atoms with Crippen molar-refractivity contribution >= 4 is 34.9 Å². The molecule has 0 atom stereocenters. The third-order valence-electron chi connectivity index (χ3n) is 2.44. The van der Waals surface area contributed by atoms with Gasteiger partial charge in [-0.2, -0.15) is 0 Å². The number of allylic oxidation sites excluding steroid dienone is 1. The number of nitrogens with zero attached hydrogens (tertiary/aromatic N) is 1. The van der Waals surface area contributed by atoms with Crippen LogP contribution in [0.25, 0.3) is 0 Å². The summed E-state index contributed by atoms with van der Waals surface area (Å²) in [6.07, 6.45) is 5.09. The highest BCUT2D eigenvalue weighted by atomic mass is 32.2. The first-order valence-electron chi connectivity index (χ1n) is 5.57. The summed E-state index contributed by atoms with van der Waals surface area (Å²) in [4.78, 5) is 26.1. The molecule has 0 amide bonds. The smallest absolute Gasteiger partial charge is 0.348 e. The first-order valence-corrected chi connectivity index (χ1v) is 7.61. The molecule has 1 aromatic heterocycles. The molecule has 6 heteroatoms. The molecule has 0 bridgehead atoms. The topological polar surface area (TPSA) is 46.6 Å². The normalized spacial score (nSPS) is 10.8. The molecule has 0 aliphatic heterocycles. The Labute approximate surface area is 121 Å². The Bertz CT molecular complexity index is 518. The maximum atomic E-state index is 12.2. The van der Waals surface area contributed by atoms with Crippen molar-refractivity contribution in [1.82, 2.24) is 4.90 Å². The summed E-state index contributed by atoms with van der Waals surface area (Å²) in [5, 5.41) is 0. The Morgan fingerprint density at radius 1 is 1.37 bits per heavy atom. The van der Waals surface area contributed by atoms with E-state index in [-0.39, 0.29) is 5.78 Å². The highest BCUT2D eigenvalue weighted by Gasteiger charge is 2.23. The lowest BCUT2D eigenvalue weighted by molar-refractivity contribution is 0.0605. The Morgan fingerprint density at radius 2 is 2.00 bits per heavy atom. The van der Waals surface area contributed by atoms with Gasteiger partial charge in [-0.25, -0.2) is 4.79 Å². The van der Waals surface area contributed by atoms with E-state index in [4.69, 9.17) is 4.74 Å². The van der Waals surface area contributed by atoms with Crippen molar-refractivity contribution in [2.45, 2.75) is 11.1 Å². The maximum absolute atomic E-state index is 12.2. The highest BCUT2D eigenvalue weighted by molar-refractivity contribution is 8.00. The molecule has 0 spiro atoms. The standard InChI is InChI=1S/C13H17NO3S2/c1-8-10(9(15)6-7-14(2)3)13(18-5)19-11(8)12(16)17-4/h6-7H,1-5H3/b7-6+. The number of thiophene rings is 1. The Balaban J connectivity index is 3.23. The third-order valence-corrected chi connectivity index (χ3v) is 4.83. The van der Waals surface area contributed by atoms with Gasteiger partial charge in [-0.15, -0.1) is 23.1 Å². The molecule has 0 aliphatic carbocycles. The van der Waals surface area contributed by atoms with Gasteiger partial charge in [0.15, 0.2) is 5.78 Å². The molecule has 0 saturated heterocycles. The number of ether oxygens (including phenoxy) is 1. The number of ketones is 1. The lowest BCUT2D eigenvalue weighted by Crippen LogP contribution is -2.05. The SMILES string of the molecule is COC(=O)c1sc(SC)c(C(=O)/C=C/N(C)C)c1C. The van der Waals surface area contributed by atoms with Crippen LogP contribution >= 0.6 is 23.1 Å². The van der Waals surface area contributed by atoms with Crippen LogP contribution in [0.2, 0.25) is 0 Å². The molecule has 1 heterocycles. The lowest BCUT2D eigenvalue weighted by atomic mass is 10.1. The molecule has 0 N–H and O–H groups in total. The van der Waals surface area contributed by atoms with Crippen molar-refractivity contribution < 1.29 is 14.3 Å². The summed E-state index contributed by atoms with van der Waals surface area (Å²) in [5.41, 5.74) is 1.28. The number of esters is 1. The van der Waals surface area contributed by atoms with Crippen LogP contribution in [0.15, 0.2) is 16.5 Å². The van der Waals surface area contributed by atoms with Crippen LogP contribution in [-0.2, 0) is 4.74 Å². The average molecular weight is 299 g/mol. The fourth-order valence-electron chi connectivity index (χ4n) is 1.50. The van der Waals surface area contributed by atoms with Crippen molar-refractivity contribution in [3.63, 3.8) is 0 Å². The monoisotopic (exact) mass is 299 g/mol. The third kappa shape index (κ3) is 3.61. The molecule has 1 rings (SSSR count). The van der Waals surface area contributed by atoms with Gasteiger partial charge in [-0.1, -0.05) is 0 Å². The molecule has 0 unspecified atom stereocenters. The van der Waals surface area contributed by atoms with Crippen LogP contribution in [0.3, 0.4) is 0 Å². The van der Waals surface area contributed by atoms with E-state index in [2.05, 4.69) is 0 Å². The van der Waals surface area contributed by atoms with Gasteiger partial charge in [0.1, 0.15) is 4.88 Å². The van der Waals surface area contributed by atoms with Crippen LogP contribution in [0.5, 0.6) is 0 Å². The minimum absolute atomic E-state index is 0.0954. The number of methoxy groups -OCH3 is 1. The molecule has 4 nitrogen and oxygen atoms in total. The van der Waals surface area contributed by atoms with E-state index >= 15 is 0 Å². The van der Waals surface area contributed by atoms with E-state index in [1.807, 2.05) is 20.4 Å². The number of hydrogen-bond donors (Lipinski definition) is 0. The maximum Gasteiger partial charge on any atom is 0.348 e. The zero-order valence-corrected chi connectivity index (χ0v) is 13.3. The second kappa shape index (κ2) is 6.77. The molecule has 0 fully saturated rings. The zero-order chi connectivity index (χ0) is 14.6. The molecule has 0 radical (unpaired) electrons. The quantitative estimate of drug-likeness (QED) is 0.362. The Morgan fingerprint density at radius 3 is 2.47 bits per heavy atom. The molecule has 19 heavy (non-hydrogen) atoms. The van der Waals surface area contributed by atoms with Crippen LogP contribution in [-0.4, -0.2) is 44.1 Å². The van der Waals surface area contributed by atoms with E-state index < -0.39 is 5.97 Å². The number of thioether (sulfide) groups is 1. The molecule has 0 aliphatic rings. The van der Waals surface area contributed by atoms with Gasteiger partial charge in [0, 0.05) is 26.4 Å². The summed E-state index contributed by atoms with van der Waals surface area (Å²) in [5.74, 6) is -0.490.